The van der Waals surface area contributed by atoms with Crippen molar-refractivity contribution in [2.75, 3.05) is 19.6 Å². The highest BCUT2D eigenvalue weighted by atomic mass is 16.3. The Labute approximate surface area is 114 Å². The van der Waals surface area contributed by atoms with Crippen LogP contribution in [0.15, 0.2) is 34.7 Å². The molecule has 0 saturated carbocycles. The maximum absolute atomic E-state index is 5.90. The molecule has 1 N–H and O–H groups in total. The Morgan fingerprint density at radius 3 is 3.00 bits per heavy atom. The Bertz CT molecular complexity index is 495. The van der Waals surface area contributed by atoms with E-state index in [0.717, 1.165) is 31.0 Å². The summed E-state index contributed by atoms with van der Waals surface area (Å²) in [6.07, 6.45) is 2.61. The Morgan fingerprint density at radius 1 is 1.37 bits per heavy atom. The summed E-state index contributed by atoms with van der Waals surface area (Å²) in [4.78, 5) is 2.46. The second-order valence-corrected chi connectivity index (χ2v) is 5.37. The molecule has 1 atom stereocenters. The van der Waals surface area contributed by atoms with Gasteiger partial charge < -0.3 is 9.73 Å². The van der Waals surface area contributed by atoms with Gasteiger partial charge in [0.15, 0.2) is 0 Å². The molecule has 19 heavy (non-hydrogen) atoms. The SMILES string of the molecule is CCN(Cc1cc2ccccc2o1)CC1CCCN1. The van der Waals surface area contributed by atoms with Crippen molar-refractivity contribution in [2.45, 2.75) is 32.4 Å². The molecule has 0 spiro atoms. The van der Waals surface area contributed by atoms with E-state index in [9.17, 15) is 0 Å². The zero-order valence-corrected chi connectivity index (χ0v) is 11.6. The average Bonchev–Trinajstić information content (AvgIpc) is 3.06. The van der Waals surface area contributed by atoms with Crippen LogP contribution in [0.2, 0.25) is 0 Å². The summed E-state index contributed by atoms with van der Waals surface area (Å²) >= 11 is 0. The second kappa shape index (κ2) is 5.76. The summed E-state index contributed by atoms with van der Waals surface area (Å²) in [7, 11) is 0. The van der Waals surface area contributed by atoms with Crippen LogP contribution in [0.25, 0.3) is 11.0 Å². The lowest BCUT2D eigenvalue weighted by Gasteiger charge is -2.23. The van der Waals surface area contributed by atoms with Crippen LogP contribution in [0, 0.1) is 0 Å². The predicted molar refractivity (Wildman–Crippen MR) is 78.2 cm³/mol. The number of hydrogen-bond acceptors (Lipinski definition) is 3. The first-order chi connectivity index (χ1) is 9.35. The van der Waals surface area contributed by atoms with Gasteiger partial charge in [-0.2, -0.15) is 0 Å². The zero-order valence-electron chi connectivity index (χ0n) is 11.6. The minimum absolute atomic E-state index is 0.657. The number of fused-ring (bicyclic) bond motifs is 1. The smallest absolute Gasteiger partial charge is 0.134 e. The fraction of sp³-hybridized carbons (Fsp3) is 0.500. The molecular formula is C16H22N2O. The van der Waals surface area contributed by atoms with E-state index in [1.165, 1.54) is 24.8 Å². The standard InChI is InChI=1S/C16H22N2O/c1-2-18(11-14-7-5-9-17-14)12-15-10-13-6-3-4-8-16(13)19-15/h3-4,6,8,10,14,17H,2,5,7,9,11-12H2,1H3. The Hall–Kier alpha value is -1.32. The third kappa shape index (κ3) is 2.99. The van der Waals surface area contributed by atoms with Crippen LogP contribution in [0.5, 0.6) is 0 Å². The van der Waals surface area contributed by atoms with E-state index in [0.29, 0.717) is 6.04 Å². The van der Waals surface area contributed by atoms with Crippen LogP contribution < -0.4 is 5.32 Å². The monoisotopic (exact) mass is 258 g/mol. The molecule has 1 aromatic heterocycles. The lowest BCUT2D eigenvalue weighted by atomic mass is 10.2. The minimum Gasteiger partial charge on any atom is -0.460 e. The summed E-state index contributed by atoms with van der Waals surface area (Å²) < 4.78 is 5.90. The normalized spacial score (nSPS) is 19.6. The third-order valence-corrected chi connectivity index (χ3v) is 3.94. The lowest BCUT2D eigenvalue weighted by molar-refractivity contribution is 0.236. The Balaban J connectivity index is 1.67. The molecule has 0 bridgehead atoms. The molecule has 1 aliphatic heterocycles. The topological polar surface area (TPSA) is 28.4 Å². The van der Waals surface area contributed by atoms with Gasteiger partial charge in [0, 0.05) is 18.0 Å². The molecule has 3 heteroatoms. The van der Waals surface area contributed by atoms with Gasteiger partial charge in [-0.25, -0.2) is 0 Å². The van der Waals surface area contributed by atoms with Gasteiger partial charge in [-0.3, -0.25) is 4.90 Å². The number of hydrogen-bond donors (Lipinski definition) is 1. The summed E-state index contributed by atoms with van der Waals surface area (Å²) in [5.74, 6) is 1.07. The van der Waals surface area contributed by atoms with Crippen molar-refractivity contribution in [1.29, 1.82) is 0 Å². The van der Waals surface area contributed by atoms with Crippen LogP contribution >= 0.6 is 0 Å². The van der Waals surface area contributed by atoms with Crippen molar-refractivity contribution in [2.24, 2.45) is 0 Å². The number of para-hydroxylation sites is 1. The van der Waals surface area contributed by atoms with E-state index >= 15 is 0 Å². The molecule has 3 nitrogen and oxygen atoms in total. The summed E-state index contributed by atoms with van der Waals surface area (Å²) in [6, 6.07) is 11.0. The van der Waals surface area contributed by atoms with E-state index in [1.807, 2.05) is 12.1 Å². The minimum atomic E-state index is 0.657. The van der Waals surface area contributed by atoms with Crippen LogP contribution in [-0.4, -0.2) is 30.6 Å². The van der Waals surface area contributed by atoms with Gasteiger partial charge in [-0.05, 0) is 38.1 Å². The largest absolute Gasteiger partial charge is 0.460 e. The van der Waals surface area contributed by atoms with Gasteiger partial charge in [0.1, 0.15) is 11.3 Å². The molecule has 2 aromatic rings. The summed E-state index contributed by atoms with van der Waals surface area (Å²) in [5, 5.41) is 4.76. The number of benzene rings is 1. The van der Waals surface area contributed by atoms with Crippen molar-refractivity contribution >= 4 is 11.0 Å². The van der Waals surface area contributed by atoms with Gasteiger partial charge in [0.25, 0.3) is 0 Å². The highest BCUT2D eigenvalue weighted by Crippen LogP contribution is 2.20. The number of rotatable bonds is 5. The Kier molecular flexibility index (Phi) is 3.85. The van der Waals surface area contributed by atoms with Crippen LogP contribution in [0.1, 0.15) is 25.5 Å². The van der Waals surface area contributed by atoms with Crippen LogP contribution in [0.4, 0.5) is 0 Å². The molecule has 0 amide bonds. The van der Waals surface area contributed by atoms with E-state index in [2.05, 4.69) is 35.3 Å². The molecular weight excluding hydrogens is 236 g/mol. The van der Waals surface area contributed by atoms with Crippen molar-refractivity contribution < 1.29 is 4.42 Å². The quantitative estimate of drug-likeness (QED) is 0.893. The van der Waals surface area contributed by atoms with Crippen molar-refractivity contribution in [1.82, 2.24) is 10.2 Å². The molecule has 0 radical (unpaired) electrons. The van der Waals surface area contributed by atoms with Gasteiger partial charge >= 0.3 is 0 Å². The van der Waals surface area contributed by atoms with E-state index < -0.39 is 0 Å². The number of furan rings is 1. The molecule has 1 aliphatic rings. The average molecular weight is 258 g/mol. The number of likely N-dealkylation sites (N-methyl/N-ethyl adjacent to an activating group) is 1. The molecule has 1 aromatic carbocycles. The fourth-order valence-corrected chi connectivity index (χ4v) is 2.86. The fourth-order valence-electron chi connectivity index (χ4n) is 2.86. The Morgan fingerprint density at radius 2 is 2.26 bits per heavy atom. The van der Waals surface area contributed by atoms with Crippen molar-refractivity contribution in [3.05, 3.63) is 36.1 Å². The first kappa shape index (κ1) is 12.7. The molecule has 1 fully saturated rings. The van der Waals surface area contributed by atoms with E-state index in [-0.39, 0.29) is 0 Å². The van der Waals surface area contributed by atoms with Crippen molar-refractivity contribution in [3.63, 3.8) is 0 Å². The second-order valence-electron chi connectivity index (χ2n) is 5.37. The van der Waals surface area contributed by atoms with Crippen LogP contribution in [-0.2, 0) is 6.54 Å². The highest BCUT2D eigenvalue weighted by Gasteiger charge is 2.18. The molecule has 2 heterocycles. The summed E-state index contributed by atoms with van der Waals surface area (Å²) in [5.41, 5.74) is 0.993. The maximum atomic E-state index is 5.90. The molecule has 1 saturated heterocycles. The molecule has 0 aliphatic carbocycles. The van der Waals surface area contributed by atoms with Gasteiger partial charge in [0.05, 0.1) is 6.54 Å². The van der Waals surface area contributed by atoms with E-state index in [1.54, 1.807) is 0 Å². The third-order valence-electron chi connectivity index (χ3n) is 3.94. The van der Waals surface area contributed by atoms with Crippen LogP contribution in [0.3, 0.4) is 0 Å². The zero-order chi connectivity index (χ0) is 13.1. The molecule has 102 valence electrons. The molecule has 3 rings (SSSR count). The first-order valence-corrected chi connectivity index (χ1v) is 7.28. The van der Waals surface area contributed by atoms with Gasteiger partial charge in [0.2, 0.25) is 0 Å². The number of nitrogens with one attached hydrogen (secondary N) is 1. The lowest BCUT2D eigenvalue weighted by Crippen LogP contribution is -2.37. The predicted octanol–water partition coefficient (Wildman–Crippen LogP) is 3.01. The van der Waals surface area contributed by atoms with Crippen molar-refractivity contribution in [3.8, 4) is 0 Å². The van der Waals surface area contributed by atoms with Gasteiger partial charge in [-0.15, -0.1) is 0 Å². The maximum Gasteiger partial charge on any atom is 0.134 e. The van der Waals surface area contributed by atoms with Gasteiger partial charge in [-0.1, -0.05) is 25.1 Å². The van der Waals surface area contributed by atoms with E-state index in [4.69, 9.17) is 4.42 Å². The summed E-state index contributed by atoms with van der Waals surface area (Å²) in [6.45, 7) is 6.48. The number of nitrogens with zero attached hydrogens (tertiary/aromatic N) is 1. The molecule has 1 unspecified atom stereocenters. The first-order valence-electron chi connectivity index (χ1n) is 7.28. The highest BCUT2D eigenvalue weighted by molar-refractivity contribution is 5.77.